The molecule has 13 heavy (non-hydrogen) atoms. The van der Waals surface area contributed by atoms with Gasteiger partial charge in [0.05, 0.1) is 7.11 Å². The summed E-state index contributed by atoms with van der Waals surface area (Å²) in [6, 6.07) is 5.07. The Bertz CT molecular complexity index is 291. The molecule has 2 nitrogen and oxygen atoms in total. The first-order valence-electron chi connectivity index (χ1n) is 3.84. The zero-order valence-electron chi connectivity index (χ0n) is 7.26. The lowest BCUT2D eigenvalue weighted by molar-refractivity contribution is 0.407. The third kappa shape index (κ3) is 2.50. The highest BCUT2D eigenvalue weighted by Gasteiger charge is 2.10. The average Bonchev–Trinajstić information content (AvgIpc) is 2.16. The Balaban J connectivity index is 3.07. The van der Waals surface area contributed by atoms with Crippen LogP contribution in [0.5, 0.6) is 5.75 Å². The molecule has 0 saturated heterocycles. The van der Waals surface area contributed by atoms with Crippen molar-refractivity contribution in [1.82, 2.24) is 0 Å². The molecule has 1 atom stereocenters. The fourth-order valence-electron chi connectivity index (χ4n) is 1.08. The molecule has 0 saturated carbocycles. The first kappa shape index (κ1) is 10.6. The van der Waals surface area contributed by atoms with E-state index < -0.39 is 0 Å². The van der Waals surface area contributed by atoms with Gasteiger partial charge in [0.25, 0.3) is 0 Å². The van der Waals surface area contributed by atoms with E-state index in [-0.39, 0.29) is 6.04 Å². The van der Waals surface area contributed by atoms with E-state index in [2.05, 4.69) is 0 Å². The number of benzene rings is 1. The molecule has 1 aromatic rings. The maximum atomic E-state index is 5.82. The lowest BCUT2D eigenvalue weighted by atomic mass is 10.1. The van der Waals surface area contributed by atoms with Gasteiger partial charge in [-0.25, -0.2) is 0 Å². The van der Waals surface area contributed by atoms with E-state index in [9.17, 15) is 0 Å². The van der Waals surface area contributed by atoms with Gasteiger partial charge in [0, 0.05) is 22.5 Å². The number of hydrogen-bond donors (Lipinski definition) is 1. The smallest absolute Gasteiger partial charge is 0.123 e. The molecule has 72 valence electrons. The second-order valence-electron chi connectivity index (χ2n) is 2.65. The molecular weight excluding hydrogens is 209 g/mol. The van der Waals surface area contributed by atoms with E-state index in [1.54, 1.807) is 25.3 Å². The molecule has 1 rings (SSSR count). The van der Waals surface area contributed by atoms with E-state index >= 15 is 0 Å². The molecule has 0 aliphatic rings. The van der Waals surface area contributed by atoms with Crippen LogP contribution >= 0.6 is 23.2 Å². The summed E-state index contributed by atoms with van der Waals surface area (Å²) in [5.74, 6) is 1.06. The van der Waals surface area contributed by atoms with Gasteiger partial charge in [0.1, 0.15) is 5.75 Å². The van der Waals surface area contributed by atoms with E-state index in [1.165, 1.54) is 0 Å². The number of halogens is 2. The summed E-state index contributed by atoms with van der Waals surface area (Å²) in [6.45, 7) is 0. The van der Waals surface area contributed by atoms with Crippen molar-refractivity contribution in [3.05, 3.63) is 28.8 Å². The van der Waals surface area contributed by atoms with Crippen LogP contribution in [-0.4, -0.2) is 13.0 Å². The second kappa shape index (κ2) is 4.70. The Morgan fingerprint density at radius 3 is 2.77 bits per heavy atom. The molecule has 1 aromatic carbocycles. The summed E-state index contributed by atoms with van der Waals surface area (Å²) in [4.78, 5) is 0. The van der Waals surface area contributed by atoms with Crippen molar-refractivity contribution >= 4 is 23.2 Å². The van der Waals surface area contributed by atoms with Crippen molar-refractivity contribution in [3.63, 3.8) is 0 Å². The number of methoxy groups -OCH3 is 1. The maximum absolute atomic E-state index is 5.82. The van der Waals surface area contributed by atoms with Crippen molar-refractivity contribution in [2.75, 3.05) is 13.0 Å². The third-order valence-corrected chi connectivity index (χ3v) is 2.33. The Kier molecular flexibility index (Phi) is 3.85. The fourth-order valence-corrected chi connectivity index (χ4v) is 1.42. The monoisotopic (exact) mass is 219 g/mol. The van der Waals surface area contributed by atoms with Crippen LogP contribution in [0.2, 0.25) is 5.02 Å². The van der Waals surface area contributed by atoms with Crippen LogP contribution in [0.3, 0.4) is 0 Å². The van der Waals surface area contributed by atoms with E-state index in [4.69, 9.17) is 33.7 Å². The molecular formula is C9H11Cl2NO. The van der Waals surface area contributed by atoms with E-state index in [0.29, 0.717) is 10.9 Å². The molecule has 0 heterocycles. The lowest BCUT2D eigenvalue weighted by Crippen LogP contribution is -2.12. The number of nitrogens with two attached hydrogens (primary N) is 1. The highest BCUT2D eigenvalue weighted by atomic mass is 35.5. The lowest BCUT2D eigenvalue weighted by Gasteiger charge is -2.13. The highest BCUT2D eigenvalue weighted by Crippen LogP contribution is 2.27. The van der Waals surface area contributed by atoms with Gasteiger partial charge in [-0.05, 0) is 18.2 Å². The van der Waals surface area contributed by atoms with Crippen molar-refractivity contribution in [1.29, 1.82) is 0 Å². The Morgan fingerprint density at radius 2 is 2.23 bits per heavy atom. The van der Waals surface area contributed by atoms with Crippen molar-refractivity contribution in [2.24, 2.45) is 5.73 Å². The van der Waals surface area contributed by atoms with Crippen LogP contribution in [0, 0.1) is 0 Å². The first-order valence-corrected chi connectivity index (χ1v) is 4.75. The topological polar surface area (TPSA) is 35.2 Å². The number of alkyl halides is 1. The summed E-state index contributed by atoms with van der Waals surface area (Å²) >= 11 is 11.5. The molecule has 0 aliphatic heterocycles. The third-order valence-electron chi connectivity index (χ3n) is 1.76. The maximum Gasteiger partial charge on any atom is 0.123 e. The van der Waals surface area contributed by atoms with Gasteiger partial charge in [0.2, 0.25) is 0 Å². The minimum absolute atomic E-state index is 0.240. The largest absolute Gasteiger partial charge is 0.496 e. The van der Waals surface area contributed by atoms with Gasteiger partial charge < -0.3 is 10.5 Å². The number of rotatable bonds is 3. The molecule has 0 fully saturated rings. The SMILES string of the molecule is COc1ccc(Cl)cc1C(N)CCl. The van der Waals surface area contributed by atoms with Crippen molar-refractivity contribution in [2.45, 2.75) is 6.04 Å². The second-order valence-corrected chi connectivity index (χ2v) is 3.39. The van der Waals surface area contributed by atoms with E-state index in [0.717, 1.165) is 11.3 Å². The zero-order valence-corrected chi connectivity index (χ0v) is 8.77. The minimum atomic E-state index is -0.240. The summed E-state index contributed by atoms with van der Waals surface area (Å²) in [5, 5.41) is 0.636. The highest BCUT2D eigenvalue weighted by molar-refractivity contribution is 6.30. The van der Waals surface area contributed by atoms with Crippen LogP contribution in [0.15, 0.2) is 18.2 Å². The van der Waals surface area contributed by atoms with Crippen LogP contribution < -0.4 is 10.5 Å². The molecule has 0 bridgehead atoms. The molecule has 4 heteroatoms. The fraction of sp³-hybridized carbons (Fsp3) is 0.333. The predicted octanol–water partition coefficient (Wildman–Crippen LogP) is 2.59. The van der Waals surface area contributed by atoms with Gasteiger partial charge in [-0.15, -0.1) is 11.6 Å². The summed E-state index contributed by atoms with van der Waals surface area (Å²) < 4.78 is 5.13. The Hall–Kier alpha value is -0.440. The van der Waals surface area contributed by atoms with Crippen molar-refractivity contribution in [3.8, 4) is 5.75 Å². The van der Waals surface area contributed by atoms with Crippen LogP contribution in [0.25, 0.3) is 0 Å². The van der Waals surface area contributed by atoms with Gasteiger partial charge in [-0.1, -0.05) is 11.6 Å². The van der Waals surface area contributed by atoms with Gasteiger partial charge in [0.15, 0.2) is 0 Å². The molecule has 0 spiro atoms. The molecule has 0 aromatic heterocycles. The summed E-state index contributed by atoms with van der Waals surface area (Å²) in [6.07, 6.45) is 0. The molecule has 0 aliphatic carbocycles. The number of ether oxygens (including phenoxy) is 1. The molecule has 0 amide bonds. The Labute approximate surface area is 87.6 Å². The molecule has 0 radical (unpaired) electrons. The minimum Gasteiger partial charge on any atom is -0.496 e. The standard InChI is InChI=1S/C9H11Cl2NO/c1-13-9-3-2-6(11)4-7(9)8(12)5-10/h2-4,8H,5,12H2,1H3. The molecule has 2 N–H and O–H groups in total. The van der Waals surface area contributed by atoms with Crippen molar-refractivity contribution < 1.29 is 4.74 Å². The van der Waals surface area contributed by atoms with E-state index in [1.807, 2.05) is 0 Å². The predicted molar refractivity (Wildman–Crippen MR) is 55.7 cm³/mol. The Morgan fingerprint density at radius 1 is 1.54 bits per heavy atom. The van der Waals surface area contributed by atoms with Crippen LogP contribution in [0.1, 0.15) is 11.6 Å². The van der Waals surface area contributed by atoms with Gasteiger partial charge in [-0.3, -0.25) is 0 Å². The summed E-state index contributed by atoms with van der Waals surface area (Å²) in [5.41, 5.74) is 6.61. The molecule has 1 unspecified atom stereocenters. The van der Waals surface area contributed by atoms with Crippen LogP contribution in [0.4, 0.5) is 0 Å². The zero-order chi connectivity index (χ0) is 9.84. The first-order chi connectivity index (χ1) is 6.19. The van der Waals surface area contributed by atoms with Crippen LogP contribution in [-0.2, 0) is 0 Å². The van der Waals surface area contributed by atoms with Gasteiger partial charge in [-0.2, -0.15) is 0 Å². The van der Waals surface area contributed by atoms with Gasteiger partial charge >= 0.3 is 0 Å². The average molecular weight is 220 g/mol. The normalized spacial score (nSPS) is 12.6. The number of hydrogen-bond acceptors (Lipinski definition) is 2. The summed E-state index contributed by atoms with van der Waals surface area (Å²) in [7, 11) is 1.59. The quantitative estimate of drug-likeness (QED) is 0.794.